The SMILES string of the molecule is Cc1cc(N(CCCNS(C)(=O)=O)CC(=O)NCCc2ccc3c(c2)CCO3)nc(-n2ccnc2)n1. The van der Waals surface area contributed by atoms with E-state index in [1.165, 1.54) is 5.56 Å². The van der Waals surface area contributed by atoms with Gasteiger partial charge in [0.25, 0.3) is 0 Å². The molecule has 0 fully saturated rings. The van der Waals surface area contributed by atoms with E-state index >= 15 is 0 Å². The molecule has 0 unspecified atom stereocenters. The quantitative estimate of drug-likeness (QED) is 0.343. The molecule has 0 bridgehead atoms. The van der Waals surface area contributed by atoms with Crippen molar-refractivity contribution >= 4 is 21.7 Å². The lowest BCUT2D eigenvalue weighted by Gasteiger charge is -2.24. The van der Waals surface area contributed by atoms with Gasteiger partial charge in [0.1, 0.15) is 17.9 Å². The number of ether oxygens (including phenoxy) is 1. The van der Waals surface area contributed by atoms with E-state index < -0.39 is 10.0 Å². The average molecular weight is 514 g/mol. The molecular weight excluding hydrogens is 482 g/mol. The number of nitrogens with zero attached hydrogens (tertiary/aromatic N) is 5. The van der Waals surface area contributed by atoms with Crippen molar-refractivity contribution < 1.29 is 17.9 Å². The number of anilines is 1. The van der Waals surface area contributed by atoms with Crippen molar-refractivity contribution in [2.75, 3.05) is 43.9 Å². The van der Waals surface area contributed by atoms with E-state index in [9.17, 15) is 13.2 Å². The third-order valence-corrected chi connectivity index (χ3v) is 6.41. The van der Waals surface area contributed by atoms with Gasteiger partial charge in [0.05, 0.1) is 19.4 Å². The predicted molar refractivity (Wildman–Crippen MR) is 136 cm³/mol. The maximum Gasteiger partial charge on any atom is 0.239 e. The zero-order chi connectivity index (χ0) is 25.5. The standard InChI is InChI=1S/C24H31N7O4S/c1-18-14-22(29-24(28-18)31-12-10-25-17-31)30(11-3-8-27-36(2,33)34)16-23(32)26-9-6-19-4-5-21-20(15-19)7-13-35-21/h4-5,10,12,14-15,17,27H,3,6-9,11,13,16H2,1-2H3,(H,26,32). The van der Waals surface area contributed by atoms with Crippen molar-refractivity contribution in [2.45, 2.75) is 26.2 Å². The first-order valence-corrected chi connectivity index (χ1v) is 13.7. The normalized spacial score (nSPS) is 12.7. The maximum atomic E-state index is 12.9. The molecule has 12 heteroatoms. The Labute approximate surface area is 211 Å². The molecular formula is C24H31N7O4S. The van der Waals surface area contributed by atoms with Crippen LogP contribution in [0.3, 0.4) is 0 Å². The number of hydrogen-bond donors (Lipinski definition) is 2. The van der Waals surface area contributed by atoms with Crippen molar-refractivity contribution in [2.24, 2.45) is 0 Å². The molecule has 11 nitrogen and oxygen atoms in total. The highest BCUT2D eigenvalue weighted by Gasteiger charge is 2.16. The second-order valence-corrected chi connectivity index (χ2v) is 10.6. The Morgan fingerprint density at radius 3 is 2.86 bits per heavy atom. The molecule has 0 atom stereocenters. The summed E-state index contributed by atoms with van der Waals surface area (Å²) in [5.74, 6) is 1.83. The number of carbonyl (C=O) groups is 1. The number of imidazole rings is 1. The van der Waals surface area contributed by atoms with Gasteiger partial charge in [0.2, 0.25) is 21.9 Å². The molecule has 2 N–H and O–H groups in total. The van der Waals surface area contributed by atoms with E-state index in [1.54, 1.807) is 23.3 Å². The van der Waals surface area contributed by atoms with Crippen LogP contribution < -0.4 is 19.7 Å². The molecule has 1 amide bonds. The summed E-state index contributed by atoms with van der Waals surface area (Å²) in [5.41, 5.74) is 3.10. The van der Waals surface area contributed by atoms with E-state index in [-0.39, 0.29) is 19.0 Å². The van der Waals surface area contributed by atoms with Gasteiger partial charge in [-0.15, -0.1) is 0 Å². The second kappa shape index (κ2) is 11.5. The average Bonchev–Trinajstić information content (AvgIpc) is 3.52. The van der Waals surface area contributed by atoms with Gasteiger partial charge in [-0.3, -0.25) is 9.36 Å². The molecule has 1 aromatic carbocycles. The molecule has 1 aliphatic heterocycles. The number of sulfonamides is 1. The summed E-state index contributed by atoms with van der Waals surface area (Å²) in [6.45, 7) is 3.85. The van der Waals surface area contributed by atoms with Crippen molar-refractivity contribution in [1.29, 1.82) is 0 Å². The summed E-state index contributed by atoms with van der Waals surface area (Å²) in [5, 5.41) is 2.99. The van der Waals surface area contributed by atoms with Crippen molar-refractivity contribution in [1.82, 2.24) is 29.6 Å². The lowest BCUT2D eigenvalue weighted by Crippen LogP contribution is -2.40. The molecule has 4 rings (SSSR count). The summed E-state index contributed by atoms with van der Waals surface area (Å²) >= 11 is 0. The van der Waals surface area contributed by atoms with E-state index in [0.717, 1.165) is 36.3 Å². The van der Waals surface area contributed by atoms with Crippen molar-refractivity contribution in [3.8, 4) is 11.7 Å². The number of benzene rings is 1. The van der Waals surface area contributed by atoms with Crippen LogP contribution in [0.5, 0.6) is 5.75 Å². The van der Waals surface area contributed by atoms with Gasteiger partial charge >= 0.3 is 0 Å². The molecule has 3 aromatic rings. The summed E-state index contributed by atoms with van der Waals surface area (Å²) in [6, 6.07) is 7.96. The molecule has 192 valence electrons. The molecule has 1 aliphatic rings. The van der Waals surface area contributed by atoms with Crippen LogP contribution in [0, 0.1) is 6.92 Å². The summed E-state index contributed by atoms with van der Waals surface area (Å²) in [7, 11) is -3.29. The minimum Gasteiger partial charge on any atom is -0.493 e. The number of nitrogens with one attached hydrogen (secondary N) is 2. The maximum absolute atomic E-state index is 12.9. The summed E-state index contributed by atoms with van der Waals surface area (Å²) in [6.07, 6.45) is 8.25. The zero-order valence-electron chi connectivity index (χ0n) is 20.5. The van der Waals surface area contributed by atoms with E-state index in [1.807, 2.05) is 30.0 Å². The fourth-order valence-corrected chi connectivity index (χ4v) is 4.48. The molecule has 0 spiro atoms. The van der Waals surface area contributed by atoms with E-state index in [2.05, 4.69) is 31.1 Å². The van der Waals surface area contributed by atoms with Crippen LogP contribution in [0.15, 0.2) is 43.0 Å². The summed E-state index contributed by atoms with van der Waals surface area (Å²) < 4.78 is 32.6. The Hall–Kier alpha value is -3.51. The van der Waals surface area contributed by atoms with Crippen LogP contribution >= 0.6 is 0 Å². The number of aryl methyl sites for hydroxylation is 1. The smallest absolute Gasteiger partial charge is 0.239 e. The fraction of sp³-hybridized carbons (Fsp3) is 0.417. The third kappa shape index (κ3) is 7.25. The van der Waals surface area contributed by atoms with Crippen LogP contribution in [0.2, 0.25) is 0 Å². The van der Waals surface area contributed by atoms with Gasteiger partial charge in [-0.25, -0.2) is 23.1 Å². The van der Waals surface area contributed by atoms with Gasteiger partial charge in [0, 0.05) is 50.2 Å². The number of hydrogen-bond acceptors (Lipinski definition) is 8. The largest absolute Gasteiger partial charge is 0.493 e. The first-order valence-electron chi connectivity index (χ1n) is 11.8. The van der Waals surface area contributed by atoms with Crippen LogP contribution in [-0.4, -0.2) is 72.9 Å². The first-order chi connectivity index (χ1) is 17.3. The monoisotopic (exact) mass is 513 g/mol. The highest BCUT2D eigenvalue weighted by Crippen LogP contribution is 2.25. The van der Waals surface area contributed by atoms with E-state index in [4.69, 9.17) is 4.74 Å². The number of rotatable bonds is 12. The molecule has 0 aliphatic carbocycles. The fourth-order valence-electron chi connectivity index (χ4n) is 3.96. The topological polar surface area (TPSA) is 131 Å². The predicted octanol–water partition coefficient (Wildman–Crippen LogP) is 1.01. The Kier molecular flexibility index (Phi) is 8.16. The zero-order valence-corrected chi connectivity index (χ0v) is 21.3. The van der Waals surface area contributed by atoms with Gasteiger partial charge in [-0.1, -0.05) is 12.1 Å². The van der Waals surface area contributed by atoms with Crippen molar-refractivity contribution in [3.05, 3.63) is 59.8 Å². The Balaban J connectivity index is 1.40. The first kappa shape index (κ1) is 25.6. The van der Waals surface area contributed by atoms with E-state index in [0.29, 0.717) is 37.7 Å². The molecule has 0 saturated heterocycles. The molecule has 0 saturated carbocycles. The molecule has 2 aromatic heterocycles. The molecule has 0 radical (unpaired) electrons. The third-order valence-electron chi connectivity index (χ3n) is 5.68. The number of carbonyl (C=O) groups excluding carboxylic acids is 1. The second-order valence-electron chi connectivity index (χ2n) is 8.72. The van der Waals surface area contributed by atoms with Gasteiger partial charge in [-0.2, -0.15) is 4.98 Å². The highest BCUT2D eigenvalue weighted by atomic mass is 32.2. The van der Waals surface area contributed by atoms with Crippen LogP contribution in [0.25, 0.3) is 5.95 Å². The summed E-state index contributed by atoms with van der Waals surface area (Å²) in [4.78, 5) is 27.8. The van der Waals surface area contributed by atoms with Crippen LogP contribution in [0.1, 0.15) is 23.2 Å². The van der Waals surface area contributed by atoms with Gasteiger partial charge < -0.3 is 15.0 Å². The van der Waals surface area contributed by atoms with Gasteiger partial charge in [0.15, 0.2) is 0 Å². The minimum atomic E-state index is -3.29. The van der Waals surface area contributed by atoms with Gasteiger partial charge in [-0.05, 0) is 37.0 Å². The Morgan fingerprint density at radius 1 is 1.22 bits per heavy atom. The Bertz CT molecular complexity index is 1300. The van der Waals surface area contributed by atoms with Crippen molar-refractivity contribution in [3.63, 3.8) is 0 Å². The lowest BCUT2D eigenvalue weighted by molar-refractivity contribution is -0.119. The number of aromatic nitrogens is 4. The molecule has 3 heterocycles. The number of fused-ring (bicyclic) bond motifs is 1. The van der Waals surface area contributed by atoms with Crippen LogP contribution in [-0.2, 0) is 27.7 Å². The minimum absolute atomic E-state index is 0.0801. The molecule has 36 heavy (non-hydrogen) atoms. The number of amides is 1. The van der Waals surface area contributed by atoms with Crippen LogP contribution in [0.4, 0.5) is 5.82 Å². The lowest BCUT2D eigenvalue weighted by atomic mass is 10.1. The Morgan fingerprint density at radius 2 is 2.08 bits per heavy atom. The highest BCUT2D eigenvalue weighted by molar-refractivity contribution is 7.88.